The van der Waals surface area contributed by atoms with Crippen LogP contribution in [0, 0.1) is 0 Å². The van der Waals surface area contributed by atoms with Gasteiger partial charge in [0.1, 0.15) is 4.70 Å². The zero-order chi connectivity index (χ0) is 16.2. The smallest absolute Gasteiger partial charge is 0.232 e. The molecule has 0 aliphatic rings. The van der Waals surface area contributed by atoms with Crippen molar-refractivity contribution in [2.75, 3.05) is 7.05 Å². The monoisotopic (exact) mass is 324 g/mol. The van der Waals surface area contributed by atoms with Gasteiger partial charge in [0.25, 0.3) is 0 Å². The van der Waals surface area contributed by atoms with Crippen LogP contribution in [0.2, 0.25) is 0 Å². The zero-order valence-electron chi connectivity index (χ0n) is 12.7. The third kappa shape index (κ3) is 3.22. The van der Waals surface area contributed by atoms with Gasteiger partial charge >= 0.3 is 0 Å². The quantitative estimate of drug-likeness (QED) is 0.728. The summed E-state index contributed by atoms with van der Waals surface area (Å²) in [5, 5.41) is 12.2. The Bertz CT molecular complexity index is 858. The summed E-state index contributed by atoms with van der Waals surface area (Å²) in [7, 11) is 1.89. The van der Waals surface area contributed by atoms with Gasteiger partial charge in [0.15, 0.2) is 5.82 Å². The van der Waals surface area contributed by atoms with Gasteiger partial charge in [-0.3, -0.25) is 4.99 Å². The minimum Gasteiger partial charge on any atom is -0.492 e. The van der Waals surface area contributed by atoms with E-state index in [4.69, 9.17) is 0 Å². The van der Waals surface area contributed by atoms with Gasteiger partial charge in [0.05, 0.1) is 12.1 Å². The molecule has 6 heteroatoms. The number of fused-ring (bicyclic) bond motifs is 1. The molecule has 0 aliphatic heterocycles. The average molecular weight is 324 g/mol. The highest BCUT2D eigenvalue weighted by Crippen LogP contribution is 2.36. The summed E-state index contributed by atoms with van der Waals surface area (Å²) in [4.78, 5) is 14.4. The van der Waals surface area contributed by atoms with Gasteiger partial charge < -0.3 is 10.0 Å². The first-order chi connectivity index (χ1) is 11.2. The molecular formula is C17H16N4OS. The zero-order valence-corrected chi connectivity index (χ0v) is 13.5. The highest BCUT2D eigenvalue weighted by atomic mass is 32.1. The lowest BCUT2D eigenvalue weighted by Gasteiger charge is -2.12. The highest BCUT2D eigenvalue weighted by molar-refractivity contribution is 7.18. The second-order valence-corrected chi connectivity index (χ2v) is 5.93. The Morgan fingerprint density at radius 3 is 2.83 bits per heavy atom. The van der Waals surface area contributed by atoms with E-state index in [2.05, 4.69) is 21.7 Å². The minimum absolute atomic E-state index is 0.0245. The van der Waals surface area contributed by atoms with Crippen LogP contribution in [0.5, 0.6) is 5.88 Å². The maximum Gasteiger partial charge on any atom is 0.232 e. The molecule has 0 fully saturated rings. The predicted octanol–water partition coefficient (Wildman–Crippen LogP) is 3.67. The van der Waals surface area contributed by atoms with E-state index in [1.807, 2.05) is 47.7 Å². The SMILES string of the molecule is C=N/C=C\N(C)Cc1nc(O)c2scc(-c3ccccc3)c2n1. The first kappa shape index (κ1) is 15.2. The summed E-state index contributed by atoms with van der Waals surface area (Å²) in [6.45, 7) is 3.87. The Morgan fingerprint density at radius 2 is 2.09 bits per heavy atom. The van der Waals surface area contributed by atoms with Crippen molar-refractivity contribution in [3.8, 4) is 17.0 Å². The van der Waals surface area contributed by atoms with E-state index in [0.29, 0.717) is 17.1 Å². The summed E-state index contributed by atoms with van der Waals surface area (Å²) in [5.74, 6) is 0.582. The maximum atomic E-state index is 10.2. The fourth-order valence-electron chi connectivity index (χ4n) is 2.28. The number of aromatic hydroxyl groups is 1. The average Bonchev–Trinajstić information content (AvgIpc) is 2.98. The van der Waals surface area contributed by atoms with Crippen molar-refractivity contribution in [1.82, 2.24) is 14.9 Å². The van der Waals surface area contributed by atoms with Gasteiger partial charge in [-0.2, -0.15) is 4.98 Å². The van der Waals surface area contributed by atoms with Crippen LogP contribution in [0.1, 0.15) is 5.82 Å². The molecule has 0 amide bonds. The number of thiophene rings is 1. The van der Waals surface area contributed by atoms with Crippen LogP contribution in [-0.2, 0) is 6.54 Å². The van der Waals surface area contributed by atoms with Crippen LogP contribution in [-0.4, -0.2) is 33.7 Å². The molecule has 1 aromatic carbocycles. The molecule has 3 rings (SSSR count). The Morgan fingerprint density at radius 1 is 1.30 bits per heavy atom. The van der Waals surface area contributed by atoms with E-state index >= 15 is 0 Å². The molecule has 116 valence electrons. The summed E-state index contributed by atoms with van der Waals surface area (Å²) in [6.07, 6.45) is 3.38. The molecule has 0 bridgehead atoms. The Labute approximate surface area is 138 Å². The van der Waals surface area contributed by atoms with E-state index in [1.165, 1.54) is 11.3 Å². The van der Waals surface area contributed by atoms with E-state index < -0.39 is 0 Å². The highest BCUT2D eigenvalue weighted by Gasteiger charge is 2.14. The van der Waals surface area contributed by atoms with Crippen LogP contribution in [0.4, 0.5) is 0 Å². The largest absolute Gasteiger partial charge is 0.492 e. The molecule has 0 radical (unpaired) electrons. The Kier molecular flexibility index (Phi) is 4.34. The van der Waals surface area contributed by atoms with E-state index in [1.54, 1.807) is 12.4 Å². The van der Waals surface area contributed by atoms with Crippen molar-refractivity contribution in [2.24, 2.45) is 4.99 Å². The van der Waals surface area contributed by atoms with Crippen LogP contribution in [0.25, 0.3) is 21.3 Å². The molecule has 0 spiro atoms. The molecule has 3 aromatic rings. The lowest BCUT2D eigenvalue weighted by Crippen LogP contribution is -2.12. The van der Waals surface area contributed by atoms with Gasteiger partial charge in [-0.1, -0.05) is 30.3 Å². The van der Waals surface area contributed by atoms with Gasteiger partial charge in [0.2, 0.25) is 5.88 Å². The van der Waals surface area contributed by atoms with Crippen molar-refractivity contribution in [1.29, 1.82) is 0 Å². The molecule has 0 saturated carbocycles. The molecule has 5 nitrogen and oxygen atoms in total. The standard InChI is InChI=1S/C17H16N4OS/c1-18-8-9-21(2)10-14-19-15-13(12-6-4-3-5-7-12)11-23-16(15)17(22)20-14/h3-9,11H,1,10H2,2H3,(H,19,20,22)/b9-8-. The predicted molar refractivity (Wildman–Crippen MR) is 94.7 cm³/mol. The normalized spacial score (nSPS) is 11.2. The topological polar surface area (TPSA) is 61.6 Å². The molecule has 0 saturated heterocycles. The first-order valence-corrected chi connectivity index (χ1v) is 7.92. The third-order valence-corrected chi connectivity index (χ3v) is 4.31. The summed E-state index contributed by atoms with van der Waals surface area (Å²) >= 11 is 1.45. The molecule has 23 heavy (non-hydrogen) atoms. The number of benzene rings is 1. The van der Waals surface area contributed by atoms with Crippen molar-refractivity contribution in [3.05, 3.63) is 53.9 Å². The molecular weight excluding hydrogens is 308 g/mol. The summed E-state index contributed by atoms with van der Waals surface area (Å²) < 4.78 is 0.707. The molecule has 0 aliphatic carbocycles. The van der Waals surface area contributed by atoms with Crippen molar-refractivity contribution in [2.45, 2.75) is 6.54 Å². The number of nitrogens with zero attached hydrogens (tertiary/aromatic N) is 4. The van der Waals surface area contributed by atoms with Gasteiger partial charge in [-0.25, -0.2) is 4.98 Å². The molecule has 2 aromatic heterocycles. The number of aromatic nitrogens is 2. The van der Waals surface area contributed by atoms with Crippen LogP contribution in [0.3, 0.4) is 0 Å². The lowest BCUT2D eigenvalue weighted by molar-refractivity contribution is 0.420. The molecule has 2 heterocycles. The Hall–Kier alpha value is -2.73. The maximum absolute atomic E-state index is 10.2. The minimum atomic E-state index is 0.0245. The van der Waals surface area contributed by atoms with E-state index in [9.17, 15) is 5.11 Å². The van der Waals surface area contributed by atoms with Gasteiger partial charge in [-0.05, 0) is 12.3 Å². The van der Waals surface area contributed by atoms with Crippen molar-refractivity contribution in [3.63, 3.8) is 0 Å². The molecule has 1 N–H and O–H groups in total. The number of hydrogen-bond acceptors (Lipinski definition) is 6. The second kappa shape index (κ2) is 6.58. The second-order valence-electron chi connectivity index (χ2n) is 5.05. The van der Waals surface area contributed by atoms with Gasteiger partial charge in [-0.15, -0.1) is 11.3 Å². The number of aliphatic imine (C=N–C) groups is 1. The summed E-state index contributed by atoms with van der Waals surface area (Å²) in [5.41, 5.74) is 2.87. The summed E-state index contributed by atoms with van der Waals surface area (Å²) in [6, 6.07) is 10.0. The number of rotatable bonds is 5. The van der Waals surface area contributed by atoms with Gasteiger partial charge in [0, 0.05) is 30.4 Å². The van der Waals surface area contributed by atoms with Crippen LogP contribution in [0.15, 0.2) is 53.1 Å². The van der Waals surface area contributed by atoms with Crippen LogP contribution >= 0.6 is 11.3 Å². The van der Waals surface area contributed by atoms with E-state index in [0.717, 1.165) is 16.6 Å². The van der Waals surface area contributed by atoms with Crippen molar-refractivity contribution >= 4 is 28.3 Å². The fraction of sp³-hybridized carbons (Fsp3) is 0.118. The molecule has 0 atom stereocenters. The fourth-order valence-corrected chi connectivity index (χ4v) is 3.18. The Balaban J connectivity index is 2.02. The third-order valence-electron chi connectivity index (χ3n) is 3.35. The number of hydrogen-bond donors (Lipinski definition) is 1. The molecule has 0 unspecified atom stereocenters. The van der Waals surface area contributed by atoms with E-state index in [-0.39, 0.29) is 5.88 Å². The van der Waals surface area contributed by atoms with Crippen LogP contribution < -0.4 is 0 Å². The lowest BCUT2D eigenvalue weighted by atomic mass is 10.1. The van der Waals surface area contributed by atoms with Crippen molar-refractivity contribution < 1.29 is 5.11 Å². The first-order valence-electron chi connectivity index (χ1n) is 7.04.